The molecule has 3 rings (SSSR count). The quantitative estimate of drug-likeness (QED) is 0.652. The summed E-state index contributed by atoms with van der Waals surface area (Å²) < 4.78 is 5.50. The second-order valence-electron chi connectivity index (χ2n) is 6.02. The van der Waals surface area contributed by atoms with Gasteiger partial charge in [0.25, 0.3) is 5.69 Å². The highest BCUT2D eigenvalue weighted by atomic mass is 16.6. The third-order valence-electron chi connectivity index (χ3n) is 4.34. The fourth-order valence-electron chi connectivity index (χ4n) is 3.06. The van der Waals surface area contributed by atoms with Crippen LogP contribution in [0.1, 0.15) is 24.1 Å². The first-order chi connectivity index (χ1) is 11.5. The fourth-order valence-corrected chi connectivity index (χ4v) is 3.06. The van der Waals surface area contributed by atoms with E-state index in [9.17, 15) is 15.2 Å². The molecule has 0 amide bonds. The highest BCUT2D eigenvalue weighted by molar-refractivity contribution is 5.38. The lowest BCUT2D eigenvalue weighted by molar-refractivity contribution is -0.384. The Hall–Kier alpha value is -2.44. The second kappa shape index (κ2) is 6.98. The van der Waals surface area contributed by atoms with Crippen LogP contribution in [0, 0.1) is 10.1 Å². The zero-order chi connectivity index (χ0) is 17.1. The number of hydrogen-bond acceptors (Lipinski definition) is 5. The van der Waals surface area contributed by atoms with E-state index >= 15 is 0 Å². The number of nitro groups is 1. The molecule has 1 aliphatic heterocycles. The van der Waals surface area contributed by atoms with Gasteiger partial charge in [-0.05, 0) is 24.1 Å². The van der Waals surface area contributed by atoms with Gasteiger partial charge < -0.3 is 9.84 Å². The summed E-state index contributed by atoms with van der Waals surface area (Å²) in [6.45, 7) is 3.52. The van der Waals surface area contributed by atoms with Crippen LogP contribution in [-0.4, -0.2) is 34.2 Å². The number of β-amino-alcohol motifs (C(OH)–C–C–N with tert-alkyl or cyclic N) is 1. The van der Waals surface area contributed by atoms with Gasteiger partial charge in [-0.25, -0.2) is 0 Å². The highest BCUT2D eigenvalue weighted by Crippen LogP contribution is 2.32. The van der Waals surface area contributed by atoms with Crippen molar-refractivity contribution in [2.45, 2.75) is 25.6 Å². The van der Waals surface area contributed by atoms with E-state index in [1.807, 2.05) is 12.1 Å². The maximum absolute atomic E-state index is 10.8. The molecule has 1 N–H and O–H groups in total. The van der Waals surface area contributed by atoms with Crippen molar-refractivity contribution in [2.24, 2.45) is 0 Å². The van der Waals surface area contributed by atoms with Crippen molar-refractivity contribution in [2.75, 3.05) is 13.2 Å². The van der Waals surface area contributed by atoms with Crippen molar-refractivity contribution >= 4 is 5.69 Å². The summed E-state index contributed by atoms with van der Waals surface area (Å²) in [5.41, 5.74) is 2.56. The topological polar surface area (TPSA) is 75.8 Å². The third kappa shape index (κ3) is 3.55. The van der Waals surface area contributed by atoms with Gasteiger partial charge in [0.05, 0.1) is 11.0 Å². The number of aliphatic hydroxyl groups is 1. The molecule has 0 radical (unpaired) electrons. The zero-order valence-electron chi connectivity index (χ0n) is 13.5. The Labute approximate surface area is 140 Å². The minimum Gasteiger partial charge on any atom is -0.491 e. The van der Waals surface area contributed by atoms with E-state index in [1.54, 1.807) is 12.1 Å². The van der Waals surface area contributed by atoms with Gasteiger partial charge in [-0.3, -0.25) is 15.0 Å². The number of benzene rings is 2. The van der Waals surface area contributed by atoms with Crippen LogP contribution in [0.3, 0.4) is 0 Å². The smallest absolute Gasteiger partial charge is 0.273 e. The molecule has 0 saturated heterocycles. The molecule has 1 unspecified atom stereocenters. The lowest BCUT2D eigenvalue weighted by atomic mass is 10.1. The summed E-state index contributed by atoms with van der Waals surface area (Å²) in [6, 6.07) is 14.5. The maximum Gasteiger partial charge on any atom is 0.273 e. The lowest BCUT2D eigenvalue weighted by Gasteiger charge is -2.24. The standard InChI is InChI=1S/C18H20N2O4/c1-13-18-8-3-2-5-14(18)10-19(13)11-16(21)12-24-17-7-4-6-15(9-17)20(22)23/h2-9,13,16,21H,10-12H2,1H3/t13-,16?/m1/s1. The Morgan fingerprint density at radius 3 is 2.88 bits per heavy atom. The van der Waals surface area contributed by atoms with Gasteiger partial charge >= 0.3 is 0 Å². The molecule has 6 heteroatoms. The SMILES string of the molecule is C[C@@H]1c2ccccc2CN1CC(O)COc1cccc([N+](=O)[O-])c1. The first-order valence-corrected chi connectivity index (χ1v) is 7.92. The summed E-state index contributed by atoms with van der Waals surface area (Å²) in [6.07, 6.45) is -0.666. The highest BCUT2D eigenvalue weighted by Gasteiger charge is 2.27. The molecule has 0 fully saturated rings. The van der Waals surface area contributed by atoms with Crippen molar-refractivity contribution in [1.29, 1.82) is 0 Å². The monoisotopic (exact) mass is 328 g/mol. The molecule has 0 aromatic heterocycles. The van der Waals surface area contributed by atoms with Crippen LogP contribution in [0.4, 0.5) is 5.69 Å². The molecule has 0 spiro atoms. The zero-order valence-corrected chi connectivity index (χ0v) is 13.5. The Kier molecular flexibility index (Phi) is 4.78. The predicted molar refractivity (Wildman–Crippen MR) is 89.9 cm³/mol. The number of ether oxygens (including phenoxy) is 1. The van der Waals surface area contributed by atoms with E-state index in [2.05, 4.69) is 24.0 Å². The van der Waals surface area contributed by atoms with Gasteiger partial charge in [0.2, 0.25) is 0 Å². The molecule has 2 atom stereocenters. The average molecular weight is 328 g/mol. The summed E-state index contributed by atoms with van der Waals surface area (Å²) in [5, 5.41) is 21.0. The van der Waals surface area contributed by atoms with Gasteiger partial charge in [0.15, 0.2) is 0 Å². The van der Waals surface area contributed by atoms with E-state index in [0.717, 1.165) is 6.54 Å². The second-order valence-corrected chi connectivity index (χ2v) is 6.02. The van der Waals surface area contributed by atoms with Crippen LogP contribution in [0.2, 0.25) is 0 Å². The Balaban J connectivity index is 1.54. The van der Waals surface area contributed by atoms with E-state index < -0.39 is 11.0 Å². The molecule has 24 heavy (non-hydrogen) atoms. The largest absolute Gasteiger partial charge is 0.491 e. The van der Waals surface area contributed by atoms with Crippen molar-refractivity contribution in [3.8, 4) is 5.75 Å². The maximum atomic E-state index is 10.8. The lowest BCUT2D eigenvalue weighted by Crippen LogP contribution is -2.33. The van der Waals surface area contributed by atoms with Crippen molar-refractivity contribution in [1.82, 2.24) is 4.90 Å². The van der Waals surface area contributed by atoms with E-state index in [4.69, 9.17) is 4.74 Å². The minimum atomic E-state index is -0.666. The molecule has 6 nitrogen and oxygen atoms in total. The van der Waals surface area contributed by atoms with Gasteiger partial charge in [-0.15, -0.1) is 0 Å². The van der Waals surface area contributed by atoms with Crippen LogP contribution < -0.4 is 4.74 Å². The van der Waals surface area contributed by atoms with E-state index in [0.29, 0.717) is 12.3 Å². The van der Waals surface area contributed by atoms with Crippen LogP contribution in [0.25, 0.3) is 0 Å². The summed E-state index contributed by atoms with van der Waals surface area (Å²) in [4.78, 5) is 12.5. The molecule has 2 aromatic rings. The number of hydrogen-bond donors (Lipinski definition) is 1. The molecule has 0 aliphatic carbocycles. The van der Waals surface area contributed by atoms with Crippen LogP contribution in [0.5, 0.6) is 5.75 Å². The first kappa shape index (κ1) is 16.4. The van der Waals surface area contributed by atoms with Crippen molar-refractivity contribution < 1.29 is 14.8 Å². The van der Waals surface area contributed by atoms with Gasteiger partial charge in [0.1, 0.15) is 18.5 Å². The molecular formula is C18H20N2O4. The summed E-state index contributed by atoms with van der Waals surface area (Å²) in [7, 11) is 0. The first-order valence-electron chi connectivity index (χ1n) is 7.92. The molecule has 1 aliphatic rings. The number of fused-ring (bicyclic) bond motifs is 1. The number of nitrogens with zero attached hydrogens (tertiary/aromatic N) is 2. The summed E-state index contributed by atoms with van der Waals surface area (Å²) >= 11 is 0. The fraction of sp³-hybridized carbons (Fsp3) is 0.333. The third-order valence-corrected chi connectivity index (χ3v) is 4.34. The van der Waals surface area contributed by atoms with Gasteiger partial charge in [0, 0.05) is 25.2 Å². The molecule has 2 aromatic carbocycles. The number of rotatable bonds is 6. The number of nitro benzene ring substituents is 1. The van der Waals surface area contributed by atoms with E-state index in [1.165, 1.54) is 23.3 Å². The Morgan fingerprint density at radius 1 is 1.33 bits per heavy atom. The van der Waals surface area contributed by atoms with Crippen LogP contribution in [-0.2, 0) is 6.54 Å². The molecular weight excluding hydrogens is 308 g/mol. The molecule has 1 heterocycles. The van der Waals surface area contributed by atoms with E-state index in [-0.39, 0.29) is 18.3 Å². The minimum absolute atomic E-state index is 0.0226. The molecule has 0 bridgehead atoms. The molecule has 0 saturated carbocycles. The van der Waals surface area contributed by atoms with Gasteiger partial charge in [-0.1, -0.05) is 30.3 Å². The predicted octanol–water partition coefficient (Wildman–Crippen LogP) is 2.91. The Morgan fingerprint density at radius 2 is 2.12 bits per heavy atom. The van der Waals surface area contributed by atoms with Crippen molar-refractivity contribution in [3.05, 3.63) is 69.8 Å². The Bertz CT molecular complexity index is 734. The normalized spacial score (nSPS) is 18.2. The van der Waals surface area contributed by atoms with Crippen LogP contribution >= 0.6 is 0 Å². The summed E-state index contributed by atoms with van der Waals surface area (Å²) in [5.74, 6) is 0.390. The van der Waals surface area contributed by atoms with Gasteiger partial charge in [-0.2, -0.15) is 0 Å². The van der Waals surface area contributed by atoms with Crippen LogP contribution in [0.15, 0.2) is 48.5 Å². The van der Waals surface area contributed by atoms with Crippen molar-refractivity contribution in [3.63, 3.8) is 0 Å². The number of non-ortho nitro benzene ring substituents is 1. The number of aliphatic hydroxyl groups excluding tert-OH is 1. The molecule has 126 valence electrons. The average Bonchev–Trinajstić information content (AvgIpc) is 2.89.